The van der Waals surface area contributed by atoms with Gasteiger partial charge in [-0.25, -0.2) is 9.07 Å². The molecule has 0 bridgehead atoms. The van der Waals surface area contributed by atoms with E-state index in [2.05, 4.69) is 45.0 Å². The summed E-state index contributed by atoms with van der Waals surface area (Å²) in [4.78, 5) is 40.5. The fourth-order valence-corrected chi connectivity index (χ4v) is 6.69. The van der Waals surface area contributed by atoms with Crippen molar-refractivity contribution in [1.82, 2.24) is 19.7 Å². The first-order chi connectivity index (χ1) is 20.9. The van der Waals surface area contributed by atoms with Crippen LogP contribution in [0.15, 0.2) is 65.6 Å². The van der Waals surface area contributed by atoms with E-state index in [0.717, 1.165) is 36.2 Å². The van der Waals surface area contributed by atoms with E-state index in [1.165, 1.54) is 22.8 Å². The lowest BCUT2D eigenvalue weighted by molar-refractivity contribution is -0.123. The normalized spacial score (nSPS) is 19.7. The van der Waals surface area contributed by atoms with E-state index >= 15 is 0 Å². The molecule has 1 aliphatic rings. The number of benzene rings is 2. The number of nitrogens with one attached hydrogen (secondary N) is 1. The zero-order valence-electron chi connectivity index (χ0n) is 25.8. The van der Waals surface area contributed by atoms with Crippen LogP contribution in [-0.4, -0.2) is 32.1 Å². The number of hydrogen-bond donors (Lipinski definition) is 1. The van der Waals surface area contributed by atoms with Crippen LogP contribution in [0.25, 0.3) is 17.8 Å². The molecule has 44 heavy (non-hydrogen) atoms. The van der Waals surface area contributed by atoms with Crippen LogP contribution in [0.1, 0.15) is 75.5 Å². The van der Waals surface area contributed by atoms with Gasteiger partial charge in [0.25, 0.3) is 5.56 Å². The summed E-state index contributed by atoms with van der Waals surface area (Å²) in [6.07, 6.45) is 7.82. The topological polar surface area (TPSA) is 86.0 Å². The molecule has 9 heteroatoms. The standard InChI is InChI=1S/C35H39FN4O3S/c1-22-7-6-8-29(23(22)2)38-32(42)21-39-33(20-30(41)24-9-11-25(12-10-24)35(3,4)5)44-31(34(39)43)19-28-17-18-37-40(28)27-15-13-26(36)14-16-27/h9-20,22-23,29H,6-8,21H2,1-5H3,(H,38,42)/b31-19+,33-20-. The van der Waals surface area contributed by atoms with Crippen LogP contribution < -0.4 is 20.1 Å². The first-order valence-corrected chi connectivity index (χ1v) is 15.9. The maximum absolute atomic E-state index is 13.8. The average Bonchev–Trinajstić information content (AvgIpc) is 3.56. The Morgan fingerprint density at radius 3 is 2.43 bits per heavy atom. The summed E-state index contributed by atoms with van der Waals surface area (Å²) >= 11 is 1.15. The number of amides is 1. The molecule has 2 aromatic carbocycles. The highest BCUT2D eigenvalue weighted by molar-refractivity contribution is 7.07. The fourth-order valence-electron chi connectivity index (χ4n) is 5.66. The zero-order valence-corrected chi connectivity index (χ0v) is 26.7. The van der Waals surface area contributed by atoms with Gasteiger partial charge in [-0.05, 0) is 65.6 Å². The van der Waals surface area contributed by atoms with Crippen molar-refractivity contribution >= 4 is 35.2 Å². The van der Waals surface area contributed by atoms with Crippen LogP contribution in [0.5, 0.6) is 0 Å². The van der Waals surface area contributed by atoms with Crippen molar-refractivity contribution in [2.75, 3.05) is 0 Å². The highest BCUT2D eigenvalue weighted by atomic mass is 32.1. The van der Waals surface area contributed by atoms with Crippen molar-refractivity contribution in [3.8, 4) is 5.69 Å². The number of halogens is 1. The highest BCUT2D eigenvalue weighted by Gasteiger charge is 2.28. The molecule has 2 heterocycles. The van der Waals surface area contributed by atoms with E-state index in [0.29, 0.717) is 38.0 Å². The smallest absolute Gasteiger partial charge is 0.269 e. The molecule has 7 nitrogen and oxygen atoms in total. The second kappa shape index (κ2) is 12.9. The summed E-state index contributed by atoms with van der Waals surface area (Å²) in [6, 6.07) is 15.2. The molecule has 4 aromatic rings. The van der Waals surface area contributed by atoms with Gasteiger partial charge < -0.3 is 5.32 Å². The number of Topliss-reactive ketones (excluding diaryl/α,β-unsaturated/α-hetero) is 1. The predicted molar refractivity (Wildman–Crippen MR) is 173 cm³/mol. The number of nitrogens with zero attached hydrogens (tertiary/aromatic N) is 3. The number of rotatable bonds is 7. The van der Waals surface area contributed by atoms with Crippen LogP contribution in [0.3, 0.4) is 0 Å². The molecule has 0 saturated heterocycles. The zero-order chi connectivity index (χ0) is 31.6. The third-order valence-corrected chi connectivity index (χ3v) is 9.66. The van der Waals surface area contributed by atoms with Gasteiger partial charge in [-0.2, -0.15) is 5.10 Å². The number of aromatic nitrogens is 3. The molecule has 0 radical (unpaired) electrons. The third-order valence-electron chi connectivity index (χ3n) is 8.60. The molecule has 0 spiro atoms. The second-order valence-corrected chi connectivity index (χ2v) is 13.8. The Hall–Kier alpha value is -4.11. The first kappa shape index (κ1) is 31.3. The Bertz CT molecular complexity index is 1830. The number of carbonyl (C=O) groups is 2. The Morgan fingerprint density at radius 2 is 1.75 bits per heavy atom. The van der Waals surface area contributed by atoms with Crippen molar-refractivity contribution in [1.29, 1.82) is 0 Å². The quantitative estimate of drug-likeness (QED) is 0.298. The molecule has 0 aliphatic heterocycles. The van der Waals surface area contributed by atoms with Crippen molar-refractivity contribution in [3.05, 3.63) is 103 Å². The van der Waals surface area contributed by atoms with E-state index in [-0.39, 0.29) is 41.1 Å². The molecule has 1 amide bonds. The largest absolute Gasteiger partial charge is 0.352 e. The lowest BCUT2D eigenvalue weighted by Gasteiger charge is -2.34. The maximum Gasteiger partial charge on any atom is 0.269 e. The van der Waals surface area contributed by atoms with Crippen LogP contribution >= 0.6 is 11.3 Å². The summed E-state index contributed by atoms with van der Waals surface area (Å²) in [7, 11) is 0. The third kappa shape index (κ3) is 6.99. The molecule has 3 unspecified atom stereocenters. The van der Waals surface area contributed by atoms with E-state index in [1.54, 1.807) is 47.3 Å². The van der Waals surface area contributed by atoms with Crippen LogP contribution in [0.2, 0.25) is 0 Å². The van der Waals surface area contributed by atoms with E-state index in [4.69, 9.17) is 0 Å². The number of thiazole rings is 1. The SMILES string of the molecule is CC1CCCC(NC(=O)Cn2c(=O)/c(=C\c3ccnn3-c3ccc(F)cc3)s/c2=C\C(=O)c2ccc(C(C)(C)C)cc2)C1C. The van der Waals surface area contributed by atoms with Crippen molar-refractivity contribution in [2.24, 2.45) is 11.8 Å². The molecule has 230 valence electrons. The van der Waals surface area contributed by atoms with Crippen molar-refractivity contribution < 1.29 is 14.0 Å². The summed E-state index contributed by atoms with van der Waals surface area (Å²) in [5.41, 5.74) is 2.43. The summed E-state index contributed by atoms with van der Waals surface area (Å²) < 4.78 is 17.2. The van der Waals surface area contributed by atoms with Gasteiger partial charge in [0.2, 0.25) is 5.91 Å². The van der Waals surface area contributed by atoms with Crippen LogP contribution in [0.4, 0.5) is 4.39 Å². The van der Waals surface area contributed by atoms with E-state index in [1.807, 2.05) is 12.1 Å². The number of ketones is 1. The Balaban J connectivity index is 1.53. The van der Waals surface area contributed by atoms with E-state index < -0.39 is 0 Å². The van der Waals surface area contributed by atoms with Gasteiger partial charge in [0.1, 0.15) is 17.0 Å². The fraction of sp³-hybridized carbons (Fsp3) is 0.371. The van der Waals surface area contributed by atoms with Gasteiger partial charge in [-0.1, -0.05) is 71.7 Å². The van der Waals surface area contributed by atoms with Gasteiger partial charge in [-0.15, -0.1) is 11.3 Å². The van der Waals surface area contributed by atoms with E-state index in [9.17, 15) is 18.8 Å². The van der Waals surface area contributed by atoms with Gasteiger partial charge in [0.15, 0.2) is 5.78 Å². The lowest BCUT2D eigenvalue weighted by atomic mass is 9.78. The molecule has 1 N–H and O–H groups in total. The number of hydrogen-bond acceptors (Lipinski definition) is 5. The Kier molecular flexibility index (Phi) is 9.15. The predicted octanol–water partition coefficient (Wildman–Crippen LogP) is 4.97. The molecule has 5 rings (SSSR count). The maximum atomic E-state index is 13.8. The monoisotopic (exact) mass is 614 g/mol. The molecule has 3 atom stereocenters. The Morgan fingerprint density at radius 1 is 1.05 bits per heavy atom. The van der Waals surface area contributed by atoms with Crippen molar-refractivity contribution in [3.63, 3.8) is 0 Å². The average molecular weight is 615 g/mol. The van der Waals surface area contributed by atoms with Gasteiger partial charge in [0.05, 0.1) is 22.1 Å². The molecule has 2 aromatic heterocycles. The molecular formula is C35H39FN4O3S. The molecule has 1 fully saturated rings. The molecule has 1 aliphatic carbocycles. The summed E-state index contributed by atoms with van der Waals surface area (Å²) in [5.74, 6) is -0.0165. The first-order valence-electron chi connectivity index (χ1n) is 15.1. The summed E-state index contributed by atoms with van der Waals surface area (Å²) in [6.45, 7) is 10.5. The van der Waals surface area contributed by atoms with Gasteiger partial charge in [-0.3, -0.25) is 19.0 Å². The molecular weight excluding hydrogens is 575 g/mol. The minimum Gasteiger partial charge on any atom is -0.352 e. The van der Waals surface area contributed by atoms with Gasteiger partial charge in [0, 0.05) is 17.7 Å². The highest BCUT2D eigenvalue weighted by Crippen LogP contribution is 2.29. The minimum atomic E-state index is -0.371. The lowest BCUT2D eigenvalue weighted by Crippen LogP contribution is -2.46. The Labute approximate surface area is 260 Å². The van der Waals surface area contributed by atoms with Crippen LogP contribution in [-0.2, 0) is 16.8 Å². The summed E-state index contributed by atoms with van der Waals surface area (Å²) in [5, 5.41) is 7.49. The molecule has 1 saturated carbocycles. The van der Waals surface area contributed by atoms with Gasteiger partial charge >= 0.3 is 0 Å². The second-order valence-electron chi connectivity index (χ2n) is 12.8. The van der Waals surface area contributed by atoms with Crippen LogP contribution in [0, 0.1) is 17.7 Å². The minimum absolute atomic E-state index is 0.0482. The number of carbonyl (C=O) groups excluding carboxylic acids is 2. The van der Waals surface area contributed by atoms with Crippen molar-refractivity contribution in [2.45, 2.75) is 71.9 Å².